The maximum absolute atomic E-state index is 12.3. The van der Waals surface area contributed by atoms with Crippen LogP contribution in [0.15, 0.2) is 12.1 Å². The van der Waals surface area contributed by atoms with Crippen LogP contribution in [0.5, 0.6) is 0 Å². The Morgan fingerprint density at radius 3 is 2.90 bits per heavy atom. The third-order valence-corrected chi connectivity index (χ3v) is 5.61. The van der Waals surface area contributed by atoms with Crippen LogP contribution in [0.2, 0.25) is 0 Å². The van der Waals surface area contributed by atoms with Gasteiger partial charge >= 0.3 is 12.0 Å². The Hall–Kier alpha value is -1.56. The van der Waals surface area contributed by atoms with Crippen molar-refractivity contribution in [2.75, 3.05) is 6.54 Å². The summed E-state index contributed by atoms with van der Waals surface area (Å²) in [6.45, 7) is 3.07. The summed E-state index contributed by atoms with van der Waals surface area (Å²) in [6, 6.07) is 3.12. The van der Waals surface area contributed by atoms with E-state index in [9.17, 15) is 14.7 Å². The van der Waals surface area contributed by atoms with Gasteiger partial charge in [0.25, 0.3) is 0 Å². The number of nitrogens with one attached hydrogen (secondary N) is 1. The van der Waals surface area contributed by atoms with E-state index >= 15 is 0 Å². The molecule has 1 aliphatic carbocycles. The highest BCUT2D eigenvalue weighted by molar-refractivity contribution is 7.11. The highest BCUT2D eigenvalue weighted by Crippen LogP contribution is 2.42. The molecule has 1 saturated heterocycles. The molecule has 6 heteroatoms. The second-order valence-electron chi connectivity index (χ2n) is 5.96. The molecule has 0 spiro atoms. The van der Waals surface area contributed by atoms with Crippen LogP contribution in [0.25, 0.3) is 0 Å². The van der Waals surface area contributed by atoms with Gasteiger partial charge in [0.1, 0.15) is 6.04 Å². The normalized spacial score (nSPS) is 27.7. The maximum Gasteiger partial charge on any atom is 0.326 e. The molecule has 1 aromatic heterocycles. The molecule has 3 unspecified atom stereocenters. The summed E-state index contributed by atoms with van der Waals surface area (Å²) in [6.07, 6.45) is 3.06. The third kappa shape index (κ3) is 2.77. The Balaban J connectivity index is 1.64. The van der Waals surface area contributed by atoms with E-state index < -0.39 is 12.0 Å². The number of thiophene rings is 1. The second-order valence-corrected chi connectivity index (χ2v) is 7.33. The Morgan fingerprint density at radius 1 is 1.43 bits per heavy atom. The topological polar surface area (TPSA) is 69.6 Å². The molecule has 3 rings (SSSR count). The molecule has 1 aliphatic heterocycles. The fraction of sp³-hybridized carbons (Fsp3) is 0.600. The lowest BCUT2D eigenvalue weighted by Gasteiger charge is -2.24. The van der Waals surface area contributed by atoms with Crippen molar-refractivity contribution < 1.29 is 14.7 Å². The number of fused-ring (bicyclic) bond motifs is 1. The van der Waals surface area contributed by atoms with Gasteiger partial charge in [-0.05, 0) is 43.7 Å². The number of likely N-dealkylation sites (tertiary alicyclic amines) is 1. The molecule has 1 aromatic rings. The first-order valence-electron chi connectivity index (χ1n) is 7.39. The first kappa shape index (κ1) is 14.4. The average molecular weight is 308 g/mol. The van der Waals surface area contributed by atoms with Gasteiger partial charge in [0.15, 0.2) is 0 Å². The molecular formula is C15H20N2O3S. The Morgan fingerprint density at radius 2 is 2.24 bits per heavy atom. The SMILES string of the molecule is Cc1ccc(CNC(=O)N2CC3CCCC3C2C(=O)O)s1. The molecule has 0 radical (unpaired) electrons. The average Bonchev–Trinajstić information content (AvgIpc) is 3.09. The zero-order valence-corrected chi connectivity index (χ0v) is 12.9. The van der Waals surface area contributed by atoms with Gasteiger partial charge < -0.3 is 15.3 Å². The van der Waals surface area contributed by atoms with Crippen LogP contribution in [-0.4, -0.2) is 34.6 Å². The van der Waals surface area contributed by atoms with Crippen LogP contribution < -0.4 is 5.32 Å². The molecule has 2 N–H and O–H groups in total. The molecule has 2 aliphatic rings. The predicted molar refractivity (Wildman–Crippen MR) is 80.3 cm³/mol. The number of rotatable bonds is 3. The largest absolute Gasteiger partial charge is 0.480 e. The van der Waals surface area contributed by atoms with E-state index in [-0.39, 0.29) is 11.9 Å². The quantitative estimate of drug-likeness (QED) is 0.901. The van der Waals surface area contributed by atoms with Crippen LogP contribution >= 0.6 is 11.3 Å². The number of carbonyl (C=O) groups excluding carboxylic acids is 1. The summed E-state index contributed by atoms with van der Waals surface area (Å²) in [4.78, 5) is 27.7. The Bertz CT molecular complexity index is 557. The van der Waals surface area contributed by atoms with Crippen LogP contribution in [0.3, 0.4) is 0 Å². The number of nitrogens with zero attached hydrogens (tertiary/aromatic N) is 1. The van der Waals surface area contributed by atoms with Gasteiger partial charge in [0.2, 0.25) is 0 Å². The van der Waals surface area contributed by atoms with Gasteiger partial charge in [-0.15, -0.1) is 11.3 Å². The first-order chi connectivity index (χ1) is 10.1. The smallest absolute Gasteiger partial charge is 0.326 e. The molecule has 0 bridgehead atoms. The number of carboxylic acids is 1. The van der Waals surface area contributed by atoms with E-state index in [1.165, 1.54) is 9.78 Å². The maximum atomic E-state index is 12.3. The van der Waals surface area contributed by atoms with E-state index in [1.807, 2.05) is 19.1 Å². The van der Waals surface area contributed by atoms with Crippen LogP contribution in [0, 0.1) is 18.8 Å². The van der Waals surface area contributed by atoms with Crippen molar-refractivity contribution in [1.29, 1.82) is 0 Å². The molecule has 5 nitrogen and oxygen atoms in total. The van der Waals surface area contributed by atoms with Crippen molar-refractivity contribution in [2.45, 2.75) is 38.8 Å². The zero-order chi connectivity index (χ0) is 15.0. The van der Waals surface area contributed by atoms with Crippen LogP contribution in [0.1, 0.15) is 29.0 Å². The molecular weight excluding hydrogens is 288 g/mol. The summed E-state index contributed by atoms with van der Waals surface area (Å²) >= 11 is 1.65. The highest BCUT2D eigenvalue weighted by atomic mass is 32.1. The van der Waals surface area contributed by atoms with Gasteiger partial charge in [-0.3, -0.25) is 0 Å². The van der Waals surface area contributed by atoms with Crippen molar-refractivity contribution in [1.82, 2.24) is 10.2 Å². The number of urea groups is 1. The summed E-state index contributed by atoms with van der Waals surface area (Å²) in [5.74, 6) is -0.371. The Kier molecular flexibility index (Phi) is 3.89. The first-order valence-corrected chi connectivity index (χ1v) is 8.20. The van der Waals surface area contributed by atoms with E-state index in [2.05, 4.69) is 5.32 Å². The monoisotopic (exact) mass is 308 g/mol. The molecule has 21 heavy (non-hydrogen) atoms. The molecule has 1 saturated carbocycles. The summed E-state index contributed by atoms with van der Waals surface area (Å²) < 4.78 is 0. The molecule has 0 aromatic carbocycles. The molecule has 2 amide bonds. The van der Waals surface area contributed by atoms with Gasteiger partial charge in [-0.2, -0.15) is 0 Å². The number of carbonyl (C=O) groups is 2. The number of aryl methyl sites for hydroxylation is 1. The predicted octanol–water partition coefficient (Wildman–Crippen LogP) is 2.45. The lowest BCUT2D eigenvalue weighted by Crippen LogP contribution is -2.47. The number of hydrogen-bond donors (Lipinski definition) is 2. The fourth-order valence-electron chi connectivity index (χ4n) is 3.68. The highest BCUT2D eigenvalue weighted by Gasteiger charge is 2.49. The molecule has 114 valence electrons. The number of carboxylic acid groups (broad SMARTS) is 1. The van der Waals surface area contributed by atoms with E-state index in [1.54, 1.807) is 11.3 Å². The summed E-state index contributed by atoms with van der Waals surface area (Å²) in [5, 5.41) is 12.3. The van der Waals surface area contributed by atoms with Gasteiger partial charge in [0, 0.05) is 16.3 Å². The zero-order valence-electron chi connectivity index (χ0n) is 12.0. The number of aliphatic carboxylic acids is 1. The van der Waals surface area contributed by atoms with E-state index in [4.69, 9.17) is 0 Å². The fourth-order valence-corrected chi connectivity index (χ4v) is 4.51. The Labute approximate surface area is 128 Å². The number of hydrogen-bond acceptors (Lipinski definition) is 3. The van der Waals surface area contributed by atoms with Gasteiger partial charge in [-0.1, -0.05) is 6.42 Å². The van der Waals surface area contributed by atoms with E-state index in [0.717, 1.165) is 24.1 Å². The van der Waals surface area contributed by atoms with Crippen molar-refractivity contribution >= 4 is 23.3 Å². The van der Waals surface area contributed by atoms with Crippen molar-refractivity contribution in [2.24, 2.45) is 11.8 Å². The van der Waals surface area contributed by atoms with Crippen molar-refractivity contribution in [3.05, 3.63) is 21.9 Å². The lowest BCUT2D eigenvalue weighted by atomic mass is 9.94. The molecule has 2 fully saturated rings. The minimum absolute atomic E-state index is 0.136. The van der Waals surface area contributed by atoms with Gasteiger partial charge in [0.05, 0.1) is 6.54 Å². The summed E-state index contributed by atoms with van der Waals surface area (Å²) in [7, 11) is 0. The van der Waals surface area contributed by atoms with Crippen molar-refractivity contribution in [3.63, 3.8) is 0 Å². The standard InChI is InChI=1S/C15H20N2O3S/c1-9-5-6-11(21-9)7-16-15(20)17-8-10-3-2-4-12(10)13(17)14(18)19/h5-6,10,12-13H,2-4,7-8H2,1H3,(H,16,20)(H,18,19). The molecule has 2 heterocycles. The van der Waals surface area contributed by atoms with E-state index in [0.29, 0.717) is 19.0 Å². The number of amides is 2. The second kappa shape index (κ2) is 5.67. The molecule has 3 atom stereocenters. The van der Waals surface area contributed by atoms with Crippen LogP contribution in [0.4, 0.5) is 4.79 Å². The minimum atomic E-state index is -0.869. The summed E-state index contributed by atoms with van der Waals surface area (Å²) in [5.41, 5.74) is 0. The minimum Gasteiger partial charge on any atom is -0.480 e. The van der Waals surface area contributed by atoms with Gasteiger partial charge in [-0.25, -0.2) is 9.59 Å². The lowest BCUT2D eigenvalue weighted by molar-refractivity contribution is -0.142. The third-order valence-electron chi connectivity index (χ3n) is 4.61. The van der Waals surface area contributed by atoms with Crippen LogP contribution in [-0.2, 0) is 11.3 Å². The van der Waals surface area contributed by atoms with Crippen molar-refractivity contribution in [3.8, 4) is 0 Å².